The summed E-state index contributed by atoms with van der Waals surface area (Å²) in [6.07, 6.45) is -2.65. The number of nitrogens with zero attached hydrogens (tertiary/aromatic N) is 2. The molecular formula is C19H16F3N3OS. The van der Waals surface area contributed by atoms with Crippen molar-refractivity contribution in [3.8, 4) is 0 Å². The molecule has 0 aliphatic rings. The van der Waals surface area contributed by atoms with Crippen molar-refractivity contribution in [1.82, 2.24) is 9.55 Å². The van der Waals surface area contributed by atoms with Crippen molar-refractivity contribution >= 4 is 34.4 Å². The van der Waals surface area contributed by atoms with Crippen LogP contribution >= 0.6 is 11.8 Å². The number of hydrogen-bond acceptors (Lipinski definition) is 3. The number of nitrogens with one attached hydrogen (secondary N) is 1. The Hall–Kier alpha value is -2.74. The molecule has 2 aromatic carbocycles. The van der Waals surface area contributed by atoms with E-state index in [1.165, 1.54) is 23.9 Å². The van der Waals surface area contributed by atoms with Gasteiger partial charge in [-0.1, -0.05) is 30.0 Å². The number of thioether (sulfide) groups is 1. The lowest BCUT2D eigenvalue weighted by Crippen LogP contribution is -2.15. The van der Waals surface area contributed by atoms with Crippen LogP contribution in [-0.4, -0.2) is 21.2 Å². The number of anilines is 1. The molecule has 3 aromatic rings. The van der Waals surface area contributed by atoms with Gasteiger partial charge >= 0.3 is 6.18 Å². The van der Waals surface area contributed by atoms with Crippen LogP contribution in [0.1, 0.15) is 5.56 Å². The average Bonchev–Trinajstić information content (AvgIpc) is 2.98. The van der Waals surface area contributed by atoms with Crippen LogP contribution in [0.15, 0.2) is 66.3 Å². The summed E-state index contributed by atoms with van der Waals surface area (Å²) in [5.74, 6) is -0.237. The van der Waals surface area contributed by atoms with Crippen LogP contribution in [0.25, 0.3) is 11.0 Å². The summed E-state index contributed by atoms with van der Waals surface area (Å²) in [7, 11) is 0. The quantitative estimate of drug-likeness (QED) is 0.477. The predicted octanol–water partition coefficient (Wildman–Crippen LogP) is 4.97. The number of allylic oxidation sites excluding steroid dienone is 1. The molecule has 8 heteroatoms. The molecule has 1 heterocycles. The Labute approximate surface area is 158 Å². The minimum Gasteiger partial charge on any atom is -0.325 e. The fourth-order valence-electron chi connectivity index (χ4n) is 2.54. The van der Waals surface area contributed by atoms with Gasteiger partial charge in [0, 0.05) is 12.2 Å². The maximum absolute atomic E-state index is 12.6. The van der Waals surface area contributed by atoms with Gasteiger partial charge in [-0.25, -0.2) is 4.98 Å². The molecular weight excluding hydrogens is 375 g/mol. The number of aromatic nitrogens is 2. The standard InChI is InChI=1S/C19H16F3N3OS/c1-2-11-25-16-6-4-3-5-15(16)24-18(25)27-12-17(26)23-14-9-7-13(8-10-14)19(20,21)22/h2-10H,1,11-12H2,(H,23,26). The minimum atomic E-state index is -4.40. The molecule has 0 unspecified atom stereocenters. The van der Waals surface area contributed by atoms with Gasteiger partial charge in [0.2, 0.25) is 5.91 Å². The van der Waals surface area contributed by atoms with Crippen molar-refractivity contribution in [3.63, 3.8) is 0 Å². The van der Waals surface area contributed by atoms with Gasteiger partial charge in [0.1, 0.15) is 0 Å². The highest BCUT2D eigenvalue weighted by atomic mass is 32.2. The number of para-hydroxylation sites is 2. The highest BCUT2D eigenvalue weighted by molar-refractivity contribution is 7.99. The van der Waals surface area contributed by atoms with E-state index in [4.69, 9.17) is 0 Å². The van der Waals surface area contributed by atoms with E-state index in [1.807, 2.05) is 28.8 Å². The number of fused-ring (bicyclic) bond motifs is 1. The molecule has 0 aliphatic heterocycles. The number of carbonyl (C=O) groups is 1. The number of rotatable bonds is 6. The molecule has 1 aromatic heterocycles. The monoisotopic (exact) mass is 391 g/mol. The summed E-state index contributed by atoms with van der Waals surface area (Å²) < 4.78 is 39.7. The van der Waals surface area contributed by atoms with Gasteiger partial charge in [0.15, 0.2) is 5.16 Å². The molecule has 4 nitrogen and oxygen atoms in total. The van der Waals surface area contributed by atoms with Crippen LogP contribution in [0.5, 0.6) is 0 Å². The first-order valence-electron chi connectivity index (χ1n) is 8.04. The van der Waals surface area contributed by atoms with Crippen LogP contribution < -0.4 is 5.32 Å². The largest absolute Gasteiger partial charge is 0.416 e. The van der Waals surface area contributed by atoms with Crippen LogP contribution in [0.2, 0.25) is 0 Å². The first-order valence-corrected chi connectivity index (χ1v) is 9.03. The molecule has 0 saturated heterocycles. The molecule has 3 rings (SSSR count). The Morgan fingerprint density at radius 2 is 1.89 bits per heavy atom. The zero-order valence-corrected chi connectivity index (χ0v) is 15.0. The second-order valence-corrected chi connectivity index (χ2v) is 6.64. The van der Waals surface area contributed by atoms with Crippen LogP contribution in [-0.2, 0) is 17.5 Å². The van der Waals surface area contributed by atoms with Gasteiger partial charge in [-0.15, -0.1) is 6.58 Å². The number of alkyl halides is 3. The Morgan fingerprint density at radius 3 is 2.56 bits per heavy atom. The zero-order valence-electron chi connectivity index (χ0n) is 14.2. The molecule has 0 saturated carbocycles. The van der Waals surface area contributed by atoms with Crippen molar-refractivity contribution in [1.29, 1.82) is 0 Å². The van der Waals surface area contributed by atoms with E-state index >= 15 is 0 Å². The van der Waals surface area contributed by atoms with E-state index in [9.17, 15) is 18.0 Å². The summed E-state index contributed by atoms with van der Waals surface area (Å²) in [4.78, 5) is 16.7. The fourth-order valence-corrected chi connectivity index (χ4v) is 3.36. The Bertz CT molecular complexity index is 964. The van der Waals surface area contributed by atoms with E-state index in [1.54, 1.807) is 6.08 Å². The zero-order chi connectivity index (χ0) is 19.4. The summed E-state index contributed by atoms with van der Waals surface area (Å²) in [6, 6.07) is 12.0. The summed E-state index contributed by atoms with van der Waals surface area (Å²) in [5.41, 5.74) is 1.33. The van der Waals surface area contributed by atoms with Crippen molar-refractivity contribution < 1.29 is 18.0 Å². The topological polar surface area (TPSA) is 46.9 Å². The molecule has 140 valence electrons. The van der Waals surface area contributed by atoms with Gasteiger partial charge in [0.05, 0.1) is 22.3 Å². The van der Waals surface area contributed by atoms with Crippen molar-refractivity contribution in [2.75, 3.05) is 11.1 Å². The molecule has 0 atom stereocenters. The maximum Gasteiger partial charge on any atom is 0.416 e. The molecule has 0 fully saturated rings. The highest BCUT2D eigenvalue weighted by Crippen LogP contribution is 2.30. The van der Waals surface area contributed by atoms with E-state index in [0.717, 1.165) is 23.2 Å². The highest BCUT2D eigenvalue weighted by Gasteiger charge is 2.30. The van der Waals surface area contributed by atoms with Crippen molar-refractivity contribution in [2.45, 2.75) is 17.9 Å². The smallest absolute Gasteiger partial charge is 0.325 e. The summed E-state index contributed by atoms with van der Waals surface area (Å²) >= 11 is 1.26. The number of imidazole rings is 1. The SMILES string of the molecule is C=CCn1c(SCC(=O)Nc2ccc(C(F)(F)F)cc2)nc2ccccc21. The number of benzene rings is 2. The lowest BCUT2D eigenvalue weighted by molar-refractivity contribution is -0.137. The minimum absolute atomic E-state index is 0.0848. The van der Waals surface area contributed by atoms with E-state index in [2.05, 4.69) is 16.9 Å². The average molecular weight is 391 g/mol. The lowest BCUT2D eigenvalue weighted by Gasteiger charge is -2.09. The van der Waals surface area contributed by atoms with Crippen molar-refractivity contribution in [3.05, 3.63) is 66.7 Å². The third kappa shape index (κ3) is 4.51. The molecule has 0 radical (unpaired) electrons. The third-order valence-electron chi connectivity index (χ3n) is 3.76. The Balaban J connectivity index is 1.66. The number of amides is 1. The molecule has 27 heavy (non-hydrogen) atoms. The third-order valence-corrected chi connectivity index (χ3v) is 4.74. The second kappa shape index (κ2) is 7.87. The lowest BCUT2D eigenvalue weighted by atomic mass is 10.2. The molecule has 1 amide bonds. The molecule has 0 aliphatic carbocycles. The van der Waals surface area contributed by atoms with Crippen LogP contribution in [0.4, 0.5) is 18.9 Å². The van der Waals surface area contributed by atoms with Gasteiger partial charge in [0.25, 0.3) is 0 Å². The first kappa shape index (κ1) is 19.0. The number of halogens is 3. The van der Waals surface area contributed by atoms with E-state index in [0.29, 0.717) is 17.4 Å². The number of carbonyl (C=O) groups excluding carboxylic acids is 1. The van der Waals surface area contributed by atoms with Gasteiger partial charge in [-0.05, 0) is 36.4 Å². The summed E-state index contributed by atoms with van der Waals surface area (Å²) in [6.45, 7) is 4.30. The van der Waals surface area contributed by atoms with Gasteiger partial charge < -0.3 is 9.88 Å². The fraction of sp³-hybridized carbons (Fsp3) is 0.158. The molecule has 0 bridgehead atoms. The Kier molecular flexibility index (Phi) is 5.55. The number of hydrogen-bond donors (Lipinski definition) is 1. The molecule has 1 N–H and O–H groups in total. The van der Waals surface area contributed by atoms with Gasteiger partial charge in [-0.2, -0.15) is 13.2 Å². The normalized spacial score (nSPS) is 11.5. The van der Waals surface area contributed by atoms with E-state index < -0.39 is 11.7 Å². The second-order valence-electron chi connectivity index (χ2n) is 5.69. The Morgan fingerprint density at radius 1 is 1.19 bits per heavy atom. The van der Waals surface area contributed by atoms with Crippen LogP contribution in [0, 0.1) is 0 Å². The van der Waals surface area contributed by atoms with E-state index in [-0.39, 0.29) is 11.7 Å². The van der Waals surface area contributed by atoms with Crippen LogP contribution in [0.3, 0.4) is 0 Å². The van der Waals surface area contributed by atoms with Gasteiger partial charge in [-0.3, -0.25) is 4.79 Å². The van der Waals surface area contributed by atoms with Crippen molar-refractivity contribution in [2.24, 2.45) is 0 Å². The maximum atomic E-state index is 12.6. The summed E-state index contributed by atoms with van der Waals surface area (Å²) in [5, 5.41) is 3.27. The first-order chi connectivity index (χ1) is 12.9. The predicted molar refractivity (Wildman–Crippen MR) is 101 cm³/mol. The molecule has 0 spiro atoms.